The number of aromatic amines is 1. The number of H-pyrrole nitrogens is 1. The summed E-state index contributed by atoms with van der Waals surface area (Å²) in [5, 5.41) is 14.2. The number of nitrogens with one attached hydrogen (secondary N) is 1. The van der Waals surface area contributed by atoms with Crippen LogP contribution in [-0.4, -0.2) is 22.7 Å². The summed E-state index contributed by atoms with van der Waals surface area (Å²) < 4.78 is 0. The smallest absolute Gasteiger partial charge is 0.430 e. The van der Waals surface area contributed by atoms with E-state index in [-0.39, 0.29) is 0 Å². The summed E-state index contributed by atoms with van der Waals surface area (Å²) in [5.41, 5.74) is 0. The molecule has 1 aromatic heterocycles. The summed E-state index contributed by atoms with van der Waals surface area (Å²) in [5.74, 6) is 0. The quantitative estimate of drug-likeness (QED) is 0.388. The normalized spacial score (nSPS) is 6.75. The van der Waals surface area contributed by atoms with E-state index < -0.39 is 7.69 Å². The van der Waals surface area contributed by atoms with E-state index >= 15 is 0 Å². The van der Waals surface area contributed by atoms with E-state index in [4.69, 9.17) is 10.0 Å². The molecule has 0 saturated carbocycles. The van der Waals surface area contributed by atoms with Crippen molar-refractivity contribution in [2.75, 3.05) is 0 Å². The van der Waals surface area contributed by atoms with Crippen LogP contribution >= 0.6 is 0 Å². The van der Waals surface area contributed by atoms with E-state index in [0.29, 0.717) is 0 Å². The third-order valence-electron chi connectivity index (χ3n) is 0.496. The topological polar surface area (TPSA) is 56.2 Å². The lowest BCUT2D eigenvalue weighted by atomic mass is 10.5. The van der Waals surface area contributed by atoms with Gasteiger partial charge in [0.25, 0.3) is 0 Å². The Morgan fingerprint density at radius 3 is 1.62 bits per heavy atom. The van der Waals surface area contributed by atoms with Crippen LogP contribution in [0.3, 0.4) is 0 Å². The number of rotatable bonds is 0. The van der Waals surface area contributed by atoms with Crippen LogP contribution in [0, 0.1) is 0 Å². The van der Waals surface area contributed by atoms with Crippen molar-refractivity contribution in [1.82, 2.24) is 4.98 Å². The van der Waals surface area contributed by atoms with Gasteiger partial charge in [-0.05, 0) is 12.1 Å². The highest BCUT2D eigenvalue weighted by Gasteiger charge is 1.55. The zero-order chi connectivity index (χ0) is 6.24. The molecule has 0 aromatic carbocycles. The second kappa shape index (κ2) is 6.26. The molecule has 4 heteroatoms. The largest absolute Gasteiger partial charge is 0.432 e. The van der Waals surface area contributed by atoms with Crippen LogP contribution in [0.4, 0.5) is 0 Å². The Kier molecular flexibility index (Phi) is 5.69. The Bertz CT molecular complexity index is 80.9. The number of hydrogen-bond donors (Lipinski definition) is 3. The van der Waals surface area contributed by atoms with Crippen molar-refractivity contribution in [3.8, 4) is 0 Å². The fourth-order valence-corrected chi connectivity index (χ4v) is 0.278. The lowest BCUT2D eigenvalue weighted by Gasteiger charge is -1.49. The van der Waals surface area contributed by atoms with Crippen LogP contribution in [0.25, 0.3) is 0 Å². The molecule has 1 rings (SSSR count). The van der Waals surface area contributed by atoms with Crippen molar-refractivity contribution in [3.63, 3.8) is 0 Å². The molecule has 3 N–H and O–H groups in total. The first-order valence-corrected chi connectivity index (χ1v) is 2.21. The highest BCUT2D eigenvalue weighted by atomic mass is 16.4. The van der Waals surface area contributed by atoms with Crippen molar-refractivity contribution in [3.05, 3.63) is 24.5 Å². The SMILES string of the molecule is OBO.c1cc[nH]c1. The van der Waals surface area contributed by atoms with E-state index in [1.165, 1.54) is 0 Å². The molecular weight excluding hydrogens is 105 g/mol. The third-order valence-corrected chi connectivity index (χ3v) is 0.496. The molecule has 0 spiro atoms. The van der Waals surface area contributed by atoms with Gasteiger partial charge in [0.05, 0.1) is 0 Å². The van der Waals surface area contributed by atoms with E-state index in [1.54, 1.807) is 0 Å². The van der Waals surface area contributed by atoms with Gasteiger partial charge in [0.15, 0.2) is 0 Å². The first kappa shape index (κ1) is 7.26. The highest BCUT2D eigenvalue weighted by molar-refractivity contribution is 6.13. The van der Waals surface area contributed by atoms with Gasteiger partial charge in [0.1, 0.15) is 0 Å². The van der Waals surface area contributed by atoms with Crippen LogP contribution in [0.5, 0.6) is 0 Å². The average molecular weight is 113 g/mol. The lowest BCUT2D eigenvalue weighted by molar-refractivity contribution is 0.448. The zero-order valence-electron chi connectivity index (χ0n) is 4.41. The predicted octanol–water partition coefficient (Wildman–Crippen LogP) is -0.748. The Morgan fingerprint density at radius 1 is 1.12 bits per heavy atom. The molecule has 0 amide bonds. The summed E-state index contributed by atoms with van der Waals surface area (Å²) in [4.78, 5) is 2.86. The highest BCUT2D eigenvalue weighted by Crippen LogP contribution is 1.72. The van der Waals surface area contributed by atoms with Crippen LogP contribution < -0.4 is 0 Å². The van der Waals surface area contributed by atoms with Gasteiger partial charge < -0.3 is 15.0 Å². The molecule has 0 aliphatic heterocycles. The second-order valence-corrected chi connectivity index (χ2v) is 1.03. The second-order valence-electron chi connectivity index (χ2n) is 1.03. The molecule has 8 heavy (non-hydrogen) atoms. The van der Waals surface area contributed by atoms with E-state index in [9.17, 15) is 0 Å². The van der Waals surface area contributed by atoms with Crippen molar-refractivity contribution >= 4 is 7.69 Å². The Labute approximate surface area is 48.3 Å². The van der Waals surface area contributed by atoms with Crippen LogP contribution in [0.15, 0.2) is 24.5 Å². The summed E-state index contributed by atoms with van der Waals surface area (Å²) in [6, 6.07) is 3.89. The van der Waals surface area contributed by atoms with Gasteiger partial charge in [-0.2, -0.15) is 0 Å². The molecule has 3 nitrogen and oxygen atoms in total. The Hall–Kier alpha value is -0.735. The molecule has 0 fully saturated rings. The van der Waals surface area contributed by atoms with Crippen molar-refractivity contribution in [2.24, 2.45) is 0 Å². The van der Waals surface area contributed by atoms with Gasteiger partial charge in [0.2, 0.25) is 0 Å². The summed E-state index contributed by atoms with van der Waals surface area (Å²) in [6.45, 7) is 0. The van der Waals surface area contributed by atoms with Crippen LogP contribution in [0.1, 0.15) is 0 Å². The molecular formula is C4H8BNO2. The predicted molar refractivity (Wildman–Crippen MR) is 32.4 cm³/mol. The van der Waals surface area contributed by atoms with Gasteiger partial charge in [-0.1, -0.05) is 0 Å². The van der Waals surface area contributed by atoms with Gasteiger partial charge >= 0.3 is 7.69 Å². The van der Waals surface area contributed by atoms with E-state index in [0.717, 1.165) is 0 Å². The monoisotopic (exact) mass is 113 g/mol. The summed E-state index contributed by atoms with van der Waals surface area (Å²) >= 11 is 0. The Balaban J connectivity index is 0.000000145. The maximum absolute atomic E-state index is 7.12. The number of hydrogen-bond acceptors (Lipinski definition) is 2. The summed E-state index contributed by atoms with van der Waals surface area (Å²) in [7, 11) is -0.750. The van der Waals surface area contributed by atoms with Gasteiger partial charge in [-0.3, -0.25) is 0 Å². The van der Waals surface area contributed by atoms with Crippen LogP contribution in [0.2, 0.25) is 0 Å². The molecule has 0 radical (unpaired) electrons. The standard InChI is InChI=1S/C4H5N.BH3O2/c1-2-4-5-3-1;2-1-3/h1-5H;1-3H. The molecule has 44 valence electrons. The van der Waals surface area contributed by atoms with Crippen LogP contribution in [-0.2, 0) is 0 Å². The molecule has 1 heterocycles. The van der Waals surface area contributed by atoms with Gasteiger partial charge in [0, 0.05) is 12.4 Å². The molecule has 0 saturated heterocycles. The third kappa shape index (κ3) is 5.26. The fourth-order valence-electron chi connectivity index (χ4n) is 0.278. The minimum Gasteiger partial charge on any atom is -0.430 e. The van der Waals surface area contributed by atoms with Crippen molar-refractivity contribution in [2.45, 2.75) is 0 Å². The molecule has 0 aliphatic rings. The fraction of sp³-hybridized carbons (Fsp3) is 0. The molecule has 1 aromatic rings. The zero-order valence-corrected chi connectivity index (χ0v) is 4.41. The lowest BCUT2D eigenvalue weighted by Crippen LogP contribution is -1.75. The van der Waals surface area contributed by atoms with E-state index in [2.05, 4.69) is 4.98 Å². The van der Waals surface area contributed by atoms with E-state index in [1.807, 2.05) is 24.5 Å². The molecule has 0 aliphatic carbocycles. The van der Waals surface area contributed by atoms with Crippen molar-refractivity contribution in [1.29, 1.82) is 0 Å². The maximum Gasteiger partial charge on any atom is 0.432 e. The van der Waals surface area contributed by atoms with Crippen molar-refractivity contribution < 1.29 is 10.0 Å². The molecule has 0 bridgehead atoms. The van der Waals surface area contributed by atoms with Gasteiger partial charge in [-0.25, -0.2) is 0 Å². The first-order valence-electron chi connectivity index (χ1n) is 2.21. The minimum absolute atomic E-state index is 0.750. The minimum atomic E-state index is -0.750. The first-order chi connectivity index (χ1) is 3.91. The average Bonchev–Trinajstić information content (AvgIpc) is 2.17. The maximum atomic E-state index is 7.12. The van der Waals surface area contributed by atoms with Gasteiger partial charge in [-0.15, -0.1) is 0 Å². The molecule has 0 unspecified atom stereocenters. The Morgan fingerprint density at radius 2 is 1.50 bits per heavy atom. The number of aromatic nitrogens is 1. The summed E-state index contributed by atoms with van der Waals surface area (Å²) in [6.07, 6.45) is 3.75. The molecule has 0 atom stereocenters.